The highest BCUT2D eigenvalue weighted by Gasteiger charge is 2.25. The zero-order valence-corrected chi connectivity index (χ0v) is 10.5. The van der Waals surface area contributed by atoms with Gasteiger partial charge in [-0.05, 0) is 18.6 Å². The van der Waals surface area contributed by atoms with Crippen LogP contribution in [0.1, 0.15) is 16.7 Å². The Balaban J connectivity index is 2.04. The zero-order valence-electron chi connectivity index (χ0n) is 9.73. The molecule has 0 aliphatic rings. The van der Waals surface area contributed by atoms with Crippen LogP contribution in [0.5, 0.6) is 0 Å². The van der Waals surface area contributed by atoms with Gasteiger partial charge in [-0.15, -0.1) is 11.3 Å². The van der Waals surface area contributed by atoms with E-state index < -0.39 is 12.7 Å². The third-order valence-electron chi connectivity index (χ3n) is 2.17. The molecule has 1 aromatic heterocycles. The fourth-order valence-electron chi connectivity index (χ4n) is 1.33. The molecule has 0 unspecified atom stereocenters. The van der Waals surface area contributed by atoms with Crippen LogP contribution in [0.15, 0.2) is 12.1 Å². The second-order valence-corrected chi connectivity index (χ2v) is 4.94. The lowest BCUT2D eigenvalue weighted by Crippen LogP contribution is -2.33. The van der Waals surface area contributed by atoms with Crippen LogP contribution in [-0.4, -0.2) is 25.8 Å². The van der Waals surface area contributed by atoms with Gasteiger partial charge in [0.05, 0.1) is 6.54 Å². The second kappa shape index (κ2) is 6.98. The second-order valence-electron chi connectivity index (χ2n) is 3.69. The first-order valence-corrected chi connectivity index (χ1v) is 6.38. The van der Waals surface area contributed by atoms with Crippen molar-refractivity contribution in [1.82, 2.24) is 10.6 Å². The predicted molar refractivity (Wildman–Crippen MR) is 64.3 cm³/mol. The van der Waals surface area contributed by atoms with E-state index in [4.69, 9.17) is 0 Å². The fourth-order valence-corrected chi connectivity index (χ4v) is 2.25. The molecule has 0 aromatic carbocycles. The fraction of sp³-hybridized carbons (Fsp3) is 0.636. The summed E-state index contributed by atoms with van der Waals surface area (Å²) in [6.45, 7) is 2.76. The summed E-state index contributed by atoms with van der Waals surface area (Å²) in [6, 6.07) is 4.14. The van der Waals surface area contributed by atoms with E-state index in [2.05, 4.69) is 29.7 Å². The topological polar surface area (TPSA) is 24.1 Å². The Kier molecular flexibility index (Phi) is 5.94. The summed E-state index contributed by atoms with van der Waals surface area (Å²) in [5, 5.41) is 5.45. The van der Waals surface area contributed by atoms with E-state index in [0.717, 1.165) is 13.0 Å². The molecule has 0 amide bonds. The molecule has 0 aliphatic heterocycles. The van der Waals surface area contributed by atoms with Gasteiger partial charge in [-0.25, -0.2) is 0 Å². The third-order valence-corrected chi connectivity index (χ3v) is 3.40. The Morgan fingerprint density at radius 2 is 1.76 bits per heavy atom. The van der Waals surface area contributed by atoms with Crippen LogP contribution in [0.25, 0.3) is 0 Å². The third kappa shape index (κ3) is 6.65. The maximum Gasteiger partial charge on any atom is 0.401 e. The van der Waals surface area contributed by atoms with Crippen LogP contribution in [0.2, 0.25) is 0 Å². The number of thiophene rings is 1. The van der Waals surface area contributed by atoms with Gasteiger partial charge in [-0.3, -0.25) is 0 Å². The molecule has 2 N–H and O–H groups in total. The molecule has 2 nitrogen and oxygen atoms in total. The van der Waals surface area contributed by atoms with E-state index in [9.17, 15) is 13.2 Å². The molecule has 6 heteroatoms. The SMILES string of the molecule is CCc1ccc(CNCCNCC(F)(F)F)s1. The molecule has 1 aromatic rings. The van der Waals surface area contributed by atoms with Crippen LogP contribution in [0.3, 0.4) is 0 Å². The number of alkyl halides is 3. The minimum absolute atomic E-state index is 0.325. The Morgan fingerprint density at radius 1 is 1.12 bits per heavy atom. The van der Waals surface area contributed by atoms with Crippen LogP contribution in [0.4, 0.5) is 13.2 Å². The summed E-state index contributed by atoms with van der Waals surface area (Å²) in [6.07, 6.45) is -3.10. The van der Waals surface area contributed by atoms with Gasteiger partial charge in [0.1, 0.15) is 0 Å². The van der Waals surface area contributed by atoms with Crippen molar-refractivity contribution in [3.8, 4) is 0 Å². The van der Waals surface area contributed by atoms with Crippen LogP contribution < -0.4 is 10.6 Å². The first-order chi connectivity index (χ1) is 8.01. The first-order valence-electron chi connectivity index (χ1n) is 5.57. The minimum atomic E-state index is -4.12. The van der Waals surface area contributed by atoms with Crippen molar-refractivity contribution in [1.29, 1.82) is 0 Å². The lowest BCUT2D eigenvalue weighted by molar-refractivity contribution is -0.124. The van der Waals surface area contributed by atoms with Crippen LogP contribution in [0, 0.1) is 0 Å². The van der Waals surface area contributed by atoms with Gasteiger partial charge in [-0.2, -0.15) is 13.2 Å². The van der Waals surface area contributed by atoms with Crippen molar-refractivity contribution in [2.24, 2.45) is 0 Å². The molecule has 0 bridgehead atoms. The number of hydrogen-bond donors (Lipinski definition) is 2. The Bertz CT molecular complexity index is 323. The highest BCUT2D eigenvalue weighted by molar-refractivity contribution is 7.11. The van der Waals surface area contributed by atoms with Gasteiger partial charge in [-0.1, -0.05) is 6.92 Å². The van der Waals surface area contributed by atoms with Crippen molar-refractivity contribution >= 4 is 11.3 Å². The van der Waals surface area contributed by atoms with Crippen LogP contribution in [-0.2, 0) is 13.0 Å². The highest BCUT2D eigenvalue weighted by atomic mass is 32.1. The van der Waals surface area contributed by atoms with Crippen molar-refractivity contribution in [3.63, 3.8) is 0 Å². The lowest BCUT2D eigenvalue weighted by atomic mass is 10.3. The van der Waals surface area contributed by atoms with E-state index >= 15 is 0 Å². The maximum atomic E-state index is 11.8. The summed E-state index contributed by atoms with van der Waals surface area (Å²) < 4.78 is 35.4. The molecular weight excluding hydrogens is 249 g/mol. The summed E-state index contributed by atoms with van der Waals surface area (Å²) >= 11 is 1.74. The molecule has 0 saturated carbocycles. The van der Waals surface area contributed by atoms with Crippen molar-refractivity contribution < 1.29 is 13.2 Å². The molecule has 0 atom stereocenters. The van der Waals surface area contributed by atoms with Crippen LogP contribution >= 0.6 is 11.3 Å². The van der Waals surface area contributed by atoms with E-state index in [1.807, 2.05) is 0 Å². The number of nitrogens with one attached hydrogen (secondary N) is 2. The molecule has 98 valence electrons. The van der Waals surface area contributed by atoms with Gasteiger partial charge in [0, 0.05) is 29.4 Å². The van der Waals surface area contributed by atoms with E-state index in [0.29, 0.717) is 13.1 Å². The number of hydrogen-bond acceptors (Lipinski definition) is 3. The van der Waals surface area contributed by atoms with Gasteiger partial charge >= 0.3 is 6.18 Å². The van der Waals surface area contributed by atoms with Crippen molar-refractivity contribution in [2.75, 3.05) is 19.6 Å². The average molecular weight is 266 g/mol. The standard InChI is InChI=1S/C11H17F3N2S/c1-2-9-3-4-10(17-9)7-15-5-6-16-8-11(12,13)14/h3-4,15-16H,2,5-8H2,1H3. The minimum Gasteiger partial charge on any atom is -0.311 e. The Hall–Kier alpha value is -0.590. The van der Waals surface area contributed by atoms with Crippen molar-refractivity contribution in [2.45, 2.75) is 26.1 Å². The maximum absolute atomic E-state index is 11.8. The largest absolute Gasteiger partial charge is 0.401 e. The monoisotopic (exact) mass is 266 g/mol. The van der Waals surface area contributed by atoms with Crippen molar-refractivity contribution in [3.05, 3.63) is 21.9 Å². The molecule has 1 rings (SSSR count). The average Bonchev–Trinajstić information content (AvgIpc) is 2.69. The quantitative estimate of drug-likeness (QED) is 0.741. The highest BCUT2D eigenvalue weighted by Crippen LogP contribution is 2.16. The molecule has 0 aliphatic carbocycles. The Labute approximate surface area is 103 Å². The number of aryl methyl sites for hydroxylation is 1. The number of rotatable bonds is 7. The molecule has 0 spiro atoms. The molecular formula is C11H17F3N2S. The van der Waals surface area contributed by atoms with E-state index in [1.54, 1.807) is 11.3 Å². The summed E-state index contributed by atoms with van der Waals surface area (Å²) in [4.78, 5) is 2.55. The normalized spacial score (nSPS) is 12.0. The molecule has 0 saturated heterocycles. The summed E-state index contributed by atoms with van der Waals surface area (Å²) in [5.74, 6) is 0. The smallest absolute Gasteiger partial charge is 0.311 e. The zero-order chi connectivity index (χ0) is 12.7. The summed E-state index contributed by atoms with van der Waals surface area (Å²) in [7, 11) is 0. The van der Waals surface area contributed by atoms with Gasteiger partial charge in [0.25, 0.3) is 0 Å². The van der Waals surface area contributed by atoms with Gasteiger partial charge in [0.15, 0.2) is 0 Å². The van der Waals surface area contributed by atoms with Gasteiger partial charge < -0.3 is 10.6 Å². The lowest BCUT2D eigenvalue weighted by Gasteiger charge is -2.08. The molecule has 0 radical (unpaired) electrons. The molecule has 0 fully saturated rings. The molecule has 17 heavy (non-hydrogen) atoms. The first kappa shape index (κ1) is 14.5. The van der Waals surface area contributed by atoms with E-state index in [1.165, 1.54) is 9.75 Å². The summed E-state index contributed by atoms with van der Waals surface area (Å²) in [5.41, 5.74) is 0. The van der Waals surface area contributed by atoms with Gasteiger partial charge in [0.2, 0.25) is 0 Å². The number of halogens is 3. The van der Waals surface area contributed by atoms with E-state index in [-0.39, 0.29) is 0 Å². The Morgan fingerprint density at radius 3 is 2.35 bits per heavy atom. The molecule has 1 heterocycles. The predicted octanol–water partition coefficient (Wildman–Crippen LogP) is 2.55.